The molecule has 1 aromatic rings. The zero-order chi connectivity index (χ0) is 17.8. The van der Waals surface area contributed by atoms with Crippen molar-refractivity contribution >= 4 is 12.5 Å². The first-order valence-corrected chi connectivity index (χ1v) is 9.47. The van der Waals surface area contributed by atoms with E-state index in [0.29, 0.717) is 6.61 Å². The van der Waals surface area contributed by atoms with Crippen LogP contribution in [0.1, 0.15) is 57.4 Å². The van der Waals surface area contributed by atoms with Crippen LogP contribution in [0.3, 0.4) is 0 Å². The third kappa shape index (κ3) is 7.09. The average Bonchev–Trinajstić information content (AvgIpc) is 2.67. The number of benzene rings is 1. The number of aldehydes is 1. The molecule has 138 valence electrons. The van der Waals surface area contributed by atoms with Gasteiger partial charge in [-0.1, -0.05) is 50.1 Å². The lowest BCUT2D eigenvalue weighted by Gasteiger charge is -2.33. The highest BCUT2D eigenvalue weighted by atomic mass is 16.7. The Hall–Kier alpha value is -1.52. The van der Waals surface area contributed by atoms with E-state index in [2.05, 4.69) is 42.2 Å². The number of ether oxygens (including phenoxy) is 2. The van der Waals surface area contributed by atoms with Gasteiger partial charge in [0.25, 0.3) is 0 Å². The number of carbonyl (C=O) groups excluding carboxylic acids is 1. The topological polar surface area (TPSA) is 47.9 Å². The molecule has 4 heteroatoms. The van der Waals surface area contributed by atoms with Crippen molar-refractivity contribution in [3.8, 4) is 0 Å². The Morgan fingerprint density at radius 1 is 1.24 bits per heavy atom. The number of hydrogen-bond donors (Lipinski definition) is 0. The molecule has 0 saturated carbocycles. The maximum atomic E-state index is 10.2. The molecular weight excluding hydrogens is 314 g/mol. The Bertz CT molecular complexity index is 511. The van der Waals surface area contributed by atoms with Crippen LogP contribution in [0.4, 0.5) is 0 Å². The van der Waals surface area contributed by atoms with Crippen molar-refractivity contribution in [3.63, 3.8) is 0 Å². The molecule has 1 heterocycles. The minimum Gasteiger partial charge on any atom is -0.353 e. The van der Waals surface area contributed by atoms with Crippen molar-refractivity contribution in [1.29, 1.82) is 0 Å². The fourth-order valence-corrected chi connectivity index (χ4v) is 3.27. The number of hydrogen-bond acceptors (Lipinski definition) is 4. The van der Waals surface area contributed by atoms with E-state index in [1.807, 2.05) is 0 Å². The van der Waals surface area contributed by atoms with Gasteiger partial charge in [-0.05, 0) is 37.7 Å². The molecule has 2 rings (SSSR count). The van der Waals surface area contributed by atoms with Gasteiger partial charge in [-0.2, -0.15) is 0 Å². The first-order valence-electron chi connectivity index (χ1n) is 9.47. The summed E-state index contributed by atoms with van der Waals surface area (Å²) < 4.78 is 11.9. The van der Waals surface area contributed by atoms with Crippen molar-refractivity contribution < 1.29 is 14.3 Å². The maximum Gasteiger partial charge on any atom is 0.160 e. The predicted molar refractivity (Wildman–Crippen MR) is 101 cm³/mol. The van der Waals surface area contributed by atoms with Crippen molar-refractivity contribution in [2.45, 2.75) is 63.6 Å². The highest BCUT2D eigenvalue weighted by Gasteiger charge is 2.28. The monoisotopic (exact) mass is 345 g/mol. The summed E-state index contributed by atoms with van der Waals surface area (Å²) in [6.45, 7) is 4.52. The van der Waals surface area contributed by atoms with Crippen LogP contribution in [-0.4, -0.2) is 38.5 Å². The first kappa shape index (κ1) is 19.8. The fourth-order valence-electron chi connectivity index (χ4n) is 3.27. The van der Waals surface area contributed by atoms with Gasteiger partial charge in [0.2, 0.25) is 0 Å². The van der Waals surface area contributed by atoms with Gasteiger partial charge in [-0.15, -0.1) is 0 Å². The van der Waals surface area contributed by atoms with Crippen molar-refractivity contribution in [2.75, 3.05) is 19.8 Å². The lowest BCUT2D eigenvalue weighted by Crippen LogP contribution is -2.33. The van der Waals surface area contributed by atoms with Gasteiger partial charge in [0.1, 0.15) is 0 Å². The Morgan fingerprint density at radius 2 is 2.08 bits per heavy atom. The molecule has 0 amide bonds. The number of carbonyl (C=O) groups is 1. The normalized spacial score (nSPS) is 20.4. The third-order valence-electron chi connectivity index (χ3n) is 4.88. The molecule has 0 aromatic heterocycles. The second-order valence-electron chi connectivity index (χ2n) is 7.04. The van der Waals surface area contributed by atoms with Crippen LogP contribution in [0.5, 0.6) is 0 Å². The number of aliphatic imine (C=N–C) groups is 1. The Kier molecular flexibility index (Phi) is 8.84. The standard InChI is InChI=1S/C21H31NO3/c1-21(19-10-4-2-5-11-19,13-7-3-8-14-22-15-16-23)18-25-20-12-6-9-17-24-20/h2,4-5,10-11,15-16,20H,3,6-9,12-14,17-18H2,1H3. The summed E-state index contributed by atoms with van der Waals surface area (Å²) in [5.74, 6) is 0. The zero-order valence-electron chi connectivity index (χ0n) is 15.4. The van der Waals surface area contributed by atoms with Crippen molar-refractivity contribution in [2.24, 2.45) is 4.99 Å². The van der Waals surface area contributed by atoms with E-state index in [0.717, 1.165) is 58.0 Å². The summed E-state index contributed by atoms with van der Waals surface area (Å²) in [6.07, 6.45) is 9.67. The molecule has 0 spiro atoms. The summed E-state index contributed by atoms with van der Waals surface area (Å²) in [7, 11) is 0. The van der Waals surface area contributed by atoms with Crippen LogP contribution in [-0.2, 0) is 19.7 Å². The molecule has 25 heavy (non-hydrogen) atoms. The zero-order valence-corrected chi connectivity index (χ0v) is 15.4. The van der Waals surface area contributed by atoms with Gasteiger partial charge in [0.15, 0.2) is 12.6 Å². The number of unbranched alkanes of at least 4 members (excludes halogenated alkanes) is 2. The molecule has 2 atom stereocenters. The predicted octanol–water partition coefficient (Wildman–Crippen LogP) is 4.32. The SMILES string of the molecule is CC(CCCCCN=CC=O)(COC1CCCCO1)c1ccccc1. The minimum atomic E-state index is -0.0468. The van der Waals surface area contributed by atoms with Gasteiger partial charge >= 0.3 is 0 Å². The van der Waals surface area contributed by atoms with E-state index < -0.39 is 0 Å². The van der Waals surface area contributed by atoms with E-state index in [1.165, 1.54) is 18.2 Å². The summed E-state index contributed by atoms with van der Waals surface area (Å²) in [6, 6.07) is 10.6. The maximum absolute atomic E-state index is 10.2. The molecule has 1 aliphatic heterocycles. The molecule has 2 unspecified atom stereocenters. The average molecular weight is 345 g/mol. The van der Waals surface area contributed by atoms with Crippen molar-refractivity contribution in [3.05, 3.63) is 35.9 Å². The van der Waals surface area contributed by atoms with E-state index in [4.69, 9.17) is 9.47 Å². The molecule has 1 aliphatic rings. The number of rotatable bonds is 11. The molecule has 0 radical (unpaired) electrons. The lowest BCUT2D eigenvalue weighted by molar-refractivity contribution is -0.171. The van der Waals surface area contributed by atoms with Crippen LogP contribution in [0, 0.1) is 0 Å². The molecule has 0 aliphatic carbocycles. The molecule has 0 bridgehead atoms. The lowest BCUT2D eigenvalue weighted by atomic mass is 9.78. The highest BCUT2D eigenvalue weighted by molar-refractivity contribution is 6.12. The minimum absolute atomic E-state index is 0.00582. The van der Waals surface area contributed by atoms with Crippen LogP contribution in [0.25, 0.3) is 0 Å². The van der Waals surface area contributed by atoms with E-state index in [1.54, 1.807) is 0 Å². The summed E-state index contributed by atoms with van der Waals surface area (Å²) >= 11 is 0. The Morgan fingerprint density at radius 3 is 2.80 bits per heavy atom. The molecule has 4 nitrogen and oxygen atoms in total. The third-order valence-corrected chi connectivity index (χ3v) is 4.88. The molecule has 1 fully saturated rings. The molecule has 1 aromatic carbocycles. The fraction of sp³-hybridized carbons (Fsp3) is 0.619. The highest BCUT2D eigenvalue weighted by Crippen LogP contribution is 2.31. The molecule has 0 N–H and O–H groups in total. The smallest absolute Gasteiger partial charge is 0.160 e. The largest absolute Gasteiger partial charge is 0.353 e. The van der Waals surface area contributed by atoms with E-state index in [9.17, 15) is 4.79 Å². The second kappa shape index (κ2) is 11.2. The number of nitrogens with zero attached hydrogens (tertiary/aromatic N) is 1. The Balaban J connectivity index is 1.85. The van der Waals surface area contributed by atoms with Gasteiger partial charge in [-0.25, -0.2) is 0 Å². The molecular formula is C21H31NO3. The van der Waals surface area contributed by atoms with Gasteiger partial charge < -0.3 is 9.47 Å². The van der Waals surface area contributed by atoms with Crippen molar-refractivity contribution in [1.82, 2.24) is 0 Å². The molecule has 1 saturated heterocycles. The summed E-state index contributed by atoms with van der Waals surface area (Å²) in [5.41, 5.74) is 1.32. The van der Waals surface area contributed by atoms with Crippen LogP contribution >= 0.6 is 0 Å². The summed E-state index contributed by atoms with van der Waals surface area (Å²) in [5, 5.41) is 0. The van der Waals surface area contributed by atoms with Gasteiger partial charge in [0.05, 0.1) is 12.8 Å². The van der Waals surface area contributed by atoms with Crippen LogP contribution in [0.15, 0.2) is 35.3 Å². The quantitative estimate of drug-likeness (QED) is 0.341. The van der Waals surface area contributed by atoms with E-state index in [-0.39, 0.29) is 11.7 Å². The van der Waals surface area contributed by atoms with Gasteiger partial charge in [-0.3, -0.25) is 9.79 Å². The van der Waals surface area contributed by atoms with Crippen LogP contribution < -0.4 is 0 Å². The van der Waals surface area contributed by atoms with E-state index >= 15 is 0 Å². The summed E-state index contributed by atoms with van der Waals surface area (Å²) in [4.78, 5) is 14.3. The second-order valence-corrected chi connectivity index (χ2v) is 7.04. The van der Waals surface area contributed by atoms with Crippen LogP contribution in [0.2, 0.25) is 0 Å². The van der Waals surface area contributed by atoms with Gasteiger partial charge in [0, 0.05) is 18.6 Å². The Labute approximate surface area is 151 Å². The first-order chi connectivity index (χ1) is 12.2.